The molecule has 2 aromatic rings. The Hall–Kier alpha value is -2.09. The van der Waals surface area contributed by atoms with Crippen molar-refractivity contribution in [2.45, 2.75) is 26.4 Å². The number of hydrogen-bond donors (Lipinski definition) is 1. The van der Waals surface area contributed by atoms with Crippen LogP contribution < -0.4 is 10.1 Å². The van der Waals surface area contributed by atoms with Gasteiger partial charge in [-0.3, -0.25) is 14.5 Å². The molecular weight excluding hydrogens is 422 g/mol. The highest BCUT2D eigenvalue weighted by Crippen LogP contribution is 2.23. The highest BCUT2D eigenvalue weighted by Gasteiger charge is 2.30. The Bertz CT molecular complexity index is 835. The molecule has 1 saturated heterocycles. The molecule has 30 heavy (non-hydrogen) atoms. The lowest BCUT2D eigenvalue weighted by molar-refractivity contribution is -0.139. The number of thiophene rings is 1. The zero-order valence-corrected chi connectivity index (χ0v) is 18.9. The highest BCUT2D eigenvalue weighted by molar-refractivity contribution is 7.16. The highest BCUT2D eigenvalue weighted by atomic mass is 35.5. The predicted octanol–water partition coefficient (Wildman–Crippen LogP) is 3.27. The first-order valence-corrected chi connectivity index (χ1v) is 11.3. The molecule has 1 atom stereocenters. The first kappa shape index (κ1) is 22.6. The molecule has 8 heteroatoms. The van der Waals surface area contributed by atoms with Crippen molar-refractivity contribution in [3.63, 3.8) is 0 Å². The second-order valence-electron chi connectivity index (χ2n) is 7.70. The van der Waals surface area contributed by atoms with E-state index >= 15 is 0 Å². The van der Waals surface area contributed by atoms with E-state index in [4.69, 9.17) is 16.3 Å². The molecule has 2 amide bonds. The molecule has 1 aromatic carbocycles. The van der Waals surface area contributed by atoms with Gasteiger partial charge in [-0.1, -0.05) is 43.6 Å². The third-order valence-electron chi connectivity index (χ3n) is 5.05. The number of amides is 2. The molecule has 1 fully saturated rings. The lowest BCUT2D eigenvalue weighted by Gasteiger charge is -2.37. The number of ether oxygens (including phenoxy) is 1. The molecule has 0 radical (unpaired) electrons. The number of halogens is 1. The van der Waals surface area contributed by atoms with Crippen LogP contribution in [0.25, 0.3) is 0 Å². The summed E-state index contributed by atoms with van der Waals surface area (Å²) in [5.41, 5.74) is 0. The third kappa shape index (κ3) is 6.45. The maximum Gasteiger partial charge on any atom is 0.258 e. The average Bonchev–Trinajstić information content (AvgIpc) is 3.15. The number of hydrogen-bond acceptors (Lipinski definition) is 5. The fourth-order valence-corrected chi connectivity index (χ4v) is 4.50. The number of para-hydroxylation sites is 1. The SMILES string of the molecule is CC(C)C(NC(=O)COc1ccccc1)C(=O)N1CCN(Cc2ccc(Cl)s2)CC1. The fraction of sp³-hybridized carbons (Fsp3) is 0.455. The van der Waals surface area contributed by atoms with Crippen molar-refractivity contribution in [2.24, 2.45) is 5.92 Å². The van der Waals surface area contributed by atoms with Gasteiger partial charge in [0.2, 0.25) is 5.91 Å². The summed E-state index contributed by atoms with van der Waals surface area (Å²) in [6, 6.07) is 12.6. The Balaban J connectivity index is 1.48. The largest absolute Gasteiger partial charge is 0.484 e. The van der Waals surface area contributed by atoms with Gasteiger partial charge in [-0.2, -0.15) is 0 Å². The van der Waals surface area contributed by atoms with E-state index in [0.717, 1.165) is 24.0 Å². The van der Waals surface area contributed by atoms with Gasteiger partial charge >= 0.3 is 0 Å². The normalized spacial score (nSPS) is 15.8. The Morgan fingerprint density at radius 3 is 2.40 bits per heavy atom. The van der Waals surface area contributed by atoms with Crippen LogP contribution in [0.3, 0.4) is 0 Å². The van der Waals surface area contributed by atoms with E-state index in [1.807, 2.05) is 49.1 Å². The summed E-state index contributed by atoms with van der Waals surface area (Å²) < 4.78 is 6.29. The number of rotatable bonds is 8. The van der Waals surface area contributed by atoms with Crippen molar-refractivity contribution in [1.29, 1.82) is 0 Å². The molecule has 1 N–H and O–H groups in total. The zero-order valence-electron chi connectivity index (χ0n) is 17.3. The molecule has 0 bridgehead atoms. The molecule has 6 nitrogen and oxygen atoms in total. The van der Waals surface area contributed by atoms with Gasteiger partial charge in [0.1, 0.15) is 11.8 Å². The van der Waals surface area contributed by atoms with E-state index in [2.05, 4.69) is 10.2 Å². The number of nitrogens with one attached hydrogen (secondary N) is 1. The maximum absolute atomic E-state index is 13.1. The van der Waals surface area contributed by atoms with Gasteiger partial charge in [0, 0.05) is 37.6 Å². The quantitative estimate of drug-likeness (QED) is 0.671. The van der Waals surface area contributed by atoms with E-state index in [0.29, 0.717) is 18.8 Å². The zero-order chi connectivity index (χ0) is 21.5. The van der Waals surface area contributed by atoms with Gasteiger partial charge in [0.05, 0.1) is 4.34 Å². The Kier molecular flexibility index (Phi) is 8.13. The lowest BCUT2D eigenvalue weighted by Crippen LogP contribution is -2.56. The standard InChI is InChI=1S/C22H28ClN3O3S/c1-16(2)21(24-20(27)15-29-17-6-4-3-5-7-17)22(28)26-12-10-25(11-13-26)14-18-8-9-19(23)30-18/h3-9,16,21H,10-15H2,1-2H3,(H,24,27). The molecule has 2 heterocycles. The molecule has 0 aliphatic carbocycles. The first-order chi connectivity index (χ1) is 14.4. The number of carbonyl (C=O) groups excluding carboxylic acids is 2. The van der Waals surface area contributed by atoms with Crippen LogP contribution in [-0.2, 0) is 16.1 Å². The van der Waals surface area contributed by atoms with E-state index in [1.54, 1.807) is 23.5 Å². The van der Waals surface area contributed by atoms with E-state index in [9.17, 15) is 9.59 Å². The molecule has 162 valence electrons. The van der Waals surface area contributed by atoms with Crippen LogP contribution >= 0.6 is 22.9 Å². The van der Waals surface area contributed by atoms with Gasteiger partial charge in [0.25, 0.3) is 5.91 Å². The van der Waals surface area contributed by atoms with Crippen LogP contribution in [0.5, 0.6) is 5.75 Å². The van der Waals surface area contributed by atoms with Gasteiger partial charge < -0.3 is 15.0 Å². The summed E-state index contributed by atoms with van der Waals surface area (Å²) in [5, 5.41) is 2.86. The molecule has 0 saturated carbocycles. The first-order valence-electron chi connectivity index (χ1n) is 10.1. The average molecular weight is 450 g/mol. The van der Waals surface area contributed by atoms with Crippen LogP contribution in [-0.4, -0.2) is 60.4 Å². The van der Waals surface area contributed by atoms with Gasteiger partial charge in [-0.15, -0.1) is 11.3 Å². The van der Waals surface area contributed by atoms with Crippen LogP contribution in [0.2, 0.25) is 4.34 Å². The van der Waals surface area contributed by atoms with Crippen molar-refractivity contribution < 1.29 is 14.3 Å². The second-order valence-corrected chi connectivity index (χ2v) is 9.50. The number of nitrogens with zero attached hydrogens (tertiary/aromatic N) is 2. The molecular formula is C22H28ClN3O3S. The van der Waals surface area contributed by atoms with E-state index < -0.39 is 6.04 Å². The lowest BCUT2D eigenvalue weighted by atomic mass is 10.0. The van der Waals surface area contributed by atoms with Crippen molar-refractivity contribution in [1.82, 2.24) is 15.1 Å². The van der Waals surface area contributed by atoms with Crippen LogP contribution in [0, 0.1) is 5.92 Å². The van der Waals surface area contributed by atoms with Crippen molar-refractivity contribution in [3.8, 4) is 5.75 Å². The summed E-state index contributed by atoms with van der Waals surface area (Å²) in [6.45, 7) is 7.52. The monoisotopic (exact) mass is 449 g/mol. The van der Waals surface area contributed by atoms with Crippen LogP contribution in [0.15, 0.2) is 42.5 Å². The summed E-state index contributed by atoms with van der Waals surface area (Å²) in [7, 11) is 0. The molecule has 0 spiro atoms. The molecule has 1 aromatic heterocycles. The molecule has 1 unspecified atom stereocenters. The Morgan fingerprint density at radius 2 is 1.80 bits per heavy atom. The molecule has 3 rings (SSSR count). The fourth-order valence-electron chi connectivity index (χ4n) is 3.37. The summed E-state index contributed by atoms with van der Waals surface area (Å²) >= 11 is 7.60. The topological polar surface area (TPSA) is 61.9 Å². The minimum atomic E-state index is -0.556. The van der Waals surface area contributed by atoms with E-state index in [-0.39, 0.29) is 24.3 Å². The summed E-state index contributed by atoms with van der Waals surface area (Å²) in [5.74, 6) is 0.295. The Labute approximate surface area is 186 Å². The number of benzene rings is 1. The minimum Gasteiger partial charge on any atom is -0.484 e. The summed E-state index contributed by atoms with van der Waals surface area (Å²) in [6.07, 6.45) is 0. The summed E-state index contributed by atoms with van der Waals surface area (Å²) in [4.78, 5) is 30.8. The van der Waals surface area contributed by atoms with Gasteiger partial charge in [0.15, 0.2) is 6.61 Å². The van der Waals surface area contributed by atoms with Gasteiger partial charge in [-0.25, -0.2) is 0 Å². The van der Waals surface area contributed by atoms with Crippen molar-refractivity contribution in [2.75, 3.05) is 32.8 Å². The third-order valence-corrected chi connectivity index (χ3v) is 6.27. The minimum absolute atomic E-state index is 0.00975. The number of piperazine rings is 1. The molecule has 1 aliphatic heterocycles. The van der Waals surface area contributed by atoms with Crippen LogP contribution in [0.1, 0.15) is 18.7 Å². The number of carbonyl (C=O) groups is 2. The smallest absolute Gasteiger partial charge is 0.258 e. The van der Waals surface area contributed by atoms with Crippen molar-refractivity contribution >= 4 is 34.8 Å². The second kappa shape index (κ2) is 10.8. The van der Waals surface area contributed by atoms with Gasteiger partial charge in [-0.05, 0) is 30.2 Å². The Morgan fingerprint density at radius 1 is 1.10 bits per heavy atom. The maximum atomic E-state index is 13.1. The molecule has 1 aliphatic rings. The predicted molar refractivity (Wildman–Crippen MR) is 120 cm³/mol. The van der Waals surface area contributed by atoms with E-state index in [1.165, 1.54) is 4.88 Å². The van der Waals surface area contributed by atoms with Crippen LogP contribution in [0.4, 0.5) is 0 Å². The van der Waals surface area contributed by atoms with Crippen molar-refractivity contribution in [3.05, 3.63) is 51.7 Å².